The van der Waals surface area contributed by atoms with Gasteiger partial charge in [0.2, 0.25) is 0 Å². The van der Waals surface area contributed by atoms with E-state index in [1.165, 1.54) is 0 Å². The molecule has 2 N–H and O–H groups in total. The Morgan fingerprint density at radius 3 is 2.76 bits per heavy atom. The molecule has 0 radical (unpaired) electrons. The van der Waals surface area contributed by atoms with E-state index >= 15 is 0 Å². The molecule has 3 rings (SSSR count). The Bertz CT molecular complexity index is 847. The summed E-state index contributed by atoms with van der Waals surface area (Å²) in [6.45, 7) is 0. The SMILES string of the molecule is O=C(Nc1ccc2[nH]ncc2c1)c1cc(F)c(F)cc1Cl. The third kappa shape index (κ3) is 2.57. The maximum Gasteiger partial charge on any atom is 0.257 e. The number of nitrogens with zero attached hydrogens (tertiary/aromatic N) is 1. The fraction of sp³-hybridized carbons (Fsp3) is 0. The Balaban J connectivity index is 1.90. The molecule has 2 aromatic carbocycles. The van der Waals surface area contributed by atoms with Crippen LogP contribution in [0.4, 0.5) is 14.5 Å². The van der Waals surface area contributed by atoms with Crippen molar-refractivity contribution < 1.29 is 13.6 Å². The number of amides is 1. The Morgan fingerprint density at radius 1 is 1.19 bits per heavy atom. The Morgan fingerprint density at radius 2 is 1.95 bits per heavy atom. The zero-order chi connectivity index (χ0) is 15.0. The third-order valence-corrected chi connectivity index (χ3v) is 3.27. The first kappa shape index (κ1) is 13.5. The molecule has 0 aliphatic heterocycles. The average Bonchev–Trinajstić information content (AvgIpc) is 2.90. The van der Waals surface area contributed by atoms with E-state index in [2.05, 4.69) is 15.5 Å². The van der Waals surface area contributed by atoms with Gasteiger partial charge in [0.25, 0.3) is 5.91 Å². The second-order valence-corrected chi connectivity index (χ2v) is 4.78. The molecule has 3 aromatic rings. The monoisotopic (exact) mass is 307 g/mol. The molecule has 0 saturated carbocycles. The number of hydrogen-bond acceptors (Lipinski definition) is 2. The number of benzene rings is 2. The molecule has 0 fully saturated rings. The van der Waals surface area contributed by atoms with Gasteiger partial charge in [-0.05, 0) is 30.3 Å². The van der Waals surface area contributed by atoms with E-state index in [0.717, 1.165) is 23.0 Å². The van der Waals surface area contributed by atoms with Crippen LogP contribution in [0.25, 0.3) is 10.9 Å². The lowest BCUT2D eigenvalue weighted by molar-refractivity contribution is 0.102. The van der Waals surface area contributed by atoms with Gasteiger partial charge < -0.3 is 5.32 Å². The number of rotatable bonds is 2. The van der Waals surface area contributed by atoms with Gasteiger partial charge in [0.05, 0.1) is 22.3 Å². The molecule has 21 heavy (non-hydrogen) atoms. The normalized spacial score (nSPS) is 10.8. The fourth-order valence-electron chi connectivity index (χ4n) is 1.92. The van der Waals surface area contributed by atoms with Gasteiger partial charge in [-0.3, -0.25) is 9.89 Å². The molecule has 1 amide bonds. The molecular formula is C14H8ClF2N3O. The number of anilines is 1. The molecule has 0 atom stereocenters. The minimum atomic E-state index is -1.13. The van der Waals surface area contributed by atoms with Gasteiger partial charge >= 0.3 is 0 Å². The number of nitrogens with one attached hydrogen (secondary N) is 2. The maximum absolute atomic E-state index is 13.2. The second kappa shape index (κ2) is 5.14. The molecule has 1 aromatic heterocycles. The van der Waals surface area contributed by atoms with Crippen molar-refractivity contribution in [2.45, 2.75) is 0 Å². The maximum atomic E-state index is 13.2. The van der Waals surface area contributed by atoms with E-state index in [9.17, 15) is 13.6 Å². The number of halogens is 3. The fourth-order valence-corrected chi connectivity index (χ4v) is 2.15. The Labute approximate surface area is 122 Å². The predicted octanol–water partition coefficient (Wildman–Crippen LogP) is 3.75. The highest BCUT2D eigenvalue weighted by Gasteiger charge is 2.15. The summed E-state index contributed by atoms with van der Waals surface area (Å²) in [5.41, 5.74) is 1.18. The highest BCUT2D eigenvalue weighted by molar-refractivity contribution is 6.34. The van der Waals surface area contributed by atoms with Crippen molar-refractivity contribution in [1.29, 1.82) is 0 Å². The standard InChI is InChI=1S/C14H8ClF2N3O/c15-10-5-12(17)11(16)4-9(10)14(21)19-8-1-2-13-7(3-8)6-18-20-13/h1-6H,(H,18,20)(H,19,21). The number of carbonyl (C=O) groups is 1. The third-order valence-electron chi connectivity index (χ3n) is 2.95. The molecule has 1 heterocycles. The van der Waals surface area contributed by atoms with Crippen LogP contribution in [0.1, 0.15) is 10.4 Å². The first-order valence-electron chi connectivity index (χ1n) is 5.93. The van der Waals surface area contributed by atoms with Gasteiger partial charge in [-0.1, -0.05) is 11.6 Å². The molecule has 106 valence electrons. The van der Waals surface area contributed by atoms with Crippen LogP contribution in [-0.2, 0) is 0 Å². The Kier molecular flexibility index (Phi) is 3.31. The van der Waals surface area contributed by atoms with Crippen LogP contribution < -0.4 is 5.32 Å². The summed E-state index contributed by atoms with van der Waals surface area (Å²) in [6.07, 6.45) is 1.61. The van der Waals surface area contributed by atoms with Crippen molar-refractivity contribution >= 4 is 34.1 Å². The van der Waals surface area contributed by atoms with E-state index in [0.29, 0.717) is 5.69 Å². The zero-order valence-electron chi connectivity index (χ0n) is 10.5. The van der Waals surface area contributed by atoms with Crippen molar-refractivity contribution in [3.8, 4) is 0 Å². The van der Waals surface area contributed by atoms with Gasteiger partial charge in [0, 0.05) is 11.1 Å². The predicted molar refractivity (Wildman–Crippen MR) is 75.4 cm³/mol. The lowest BCUT2D eigenvalue weighted by Crippen LogP contribution is -2.13. The van der Waals surface area contributed by atoms with Crippen LogP contribution in [0.5, 0.6) is 0 Å². The lowest BCUT2D eigenvalue weighted by Gasteiger charge is -2.07. The molecule has 0 saturated heterocycles. The van der Waals surface area contributed by atoms with Crippen LogP contribution in [0.2, 0.25) is 5.02 Å². The number of hydrogen-bond donors (Lipinski definition) is 2. The van der Waals surface area contributed by atoms with Crippen molar-refractivity contribution in [1.82, 2.24) is 10.2 Å². The van der Waals surface area contributed by atoms with E-state index < -0.39 is 17.5 Å². The van der Waals surface area contributed by atoms with Crippen molar-refractivity contribution in [3.05, 3.63) is 58.7 Å². The quantitative estimate of drug-likeness (QED) is 0.708. The van der Waals surface area contributed by atoms with Gasteiger partial charge in [-0.15, -0.1) is 0 Å². The number of fused-ring (bicyclic) bond motifs is 1. The zero-order valence-corrected chi connectivity index (χ0v) is 11.2. The summed E-state index contributed by atoms with van der Waals surface area (Å²) in [4.78, 5) is 12.1. The summed E-state index contributed by atoms with van der Waals surface area (Å²) >= 11 is 5.76. The lowest BCUT2D eigenvalue weighted by atomic mass is 10.2. The van der Waals surface area contributed by atoms with Crippen LogP contribution in [-0.4, -0.2) is 16.1 Å². The number of carbonyl (C=O) groups excluding carboxylic acids is 1. The minimum Gasteiger partial charge on any atom is -0.322 e. The first-order valence-corrected chi connectivity index (χ1v) is 6.31. The number of aromatic nitrogens is 2. The minimum absolute atomic E-state index is 0.136. The molecule has 7 heteroatoms. The Hall–Kier alpha value is -2.47. The summed E-state index contributed by atoms with van der Waals surface area (Å²) in [5.74, 6) is -2.85. The van der Waals surface area contributed by atoms with Crippen molar-refractivity contribution in [2.75, 3.05) is 5.32 Å². The molecule has 0 unspecified atom stereocenters. The van der Waals surface area contributed by atoms with Crippen LogP contribution in [0.3, 0.4) is 0 Å². The average molecular weight is 308 g/mol. The summed E-state index contributed by atoms with van der Waals surface area (Å²) in [5, 5.41) is 9.87. The van der Waals surface area contributed by atoms with Crippen LogP contribution >= 0.6 is 11.6 Å². The van der Waals surface area contributed by atoms with Crippen molar-refractivity contribution in [3.63, 3.8) is 0 Å². The molecule has 0 bridgehead atoms. The smallest absolute Gasteiger partial charge is 0.257 e. The summed E-state index contributed by atoms with van der Waals surface area (Å²) < 4.78 is 26.2. The number of H-pyrrole nitrogens is 1. The second-order valence-electron chi connectivity index (χ2n) is 4.37. The highest BCUT2D eigenvalue weighted by Crippen LogP contribution is 2.22. The van der Waals surface area contributed by atoms with Gasteiger partial charge in [-0.2, -0.15) is 5.10 Å². The molecular weight excluding hydrogens is 300 g/mol. The van der Waals surface area contributed by atoms with Gasteiger partial charge in [0.1, 0.15) is 0 Å². The highest BCUT2D eigenvalue weighted by atomic mass is 35.5. The van der Waals surface area contributed by atoms with Crippen molar-refractivity contribution in [2.24, 2.45) is 0 Å². The van der Waals surface area contributed by atoms with E-state index in [1.54, 1.807) is 24.4 Å². The first-order chi connectivity index (χ1) is 10.0. The summed E-state index contributed by atoms with van der Waals surface area (Å²) in [7, 11) is 0. The van der Waals surface area contributed by atoms with Gasteiger partial charge in [-0.25, -0.2) is 8.78 Å². The molecule has 0 aliphatic rings. The van der Waals surface area contributed by atoms with Crippen LogP contribution in [0, 0.1) is 11.6 Å². The summed E-state index contributed by atoms with van der Waals surface area (Å²) in [6, 6.07) is 6.63. The van der Waals surface area contributed by atoms with E-state index in [1.807, 2.05) is 0 Å². The van der Waals surface area contributed by atoms with E-state index in [4.69, 9.17) is 11.6 Å². The molecule has 0 spiro atoms. The van der Waals surface area contributed by atoms with E-state index in [-0.39, 0.29) is 10.6 Å². The molecule has 0 aliphatic carbocycles. The topological polar surface area (TPSA) is 57.8 Å². The van der Waals surface area contributed by atoms with Crippen LogP contribution in [0.15, 0.2) is 36.5 Å². The van der Waals surface area contributed by atoms with Gasteiger partial charge in [0.15, 0.2) is 11.6 Å². The molecule has 4 nitrogen and oxygen atoms in total. The number of aromatic amines is 1. The largest absolute Gasteiger partial charge is 0.322 e.